The van der Waals surface area contributed by atoms with E-state index >= 15 is 0 Å². The molecule has 0 spiro atoms. The molecule has 1 amide bonds. The summed E-state index contributed by atoms with van der Waals surface area (Å²) in [6, 6.07) is -0.977. The van der Waals surface area contributed by atoms with Crippen LogP contribution in [0.1, 0.15) is 264 Å². The molecule has 6 nitrogen and oxygen atoms in total. The summed E-state index contributed by atoms with van der Waals surface area (Å²) < 4.78 is 0. The summed E-state index contributed by atoms with van der Waals surface area (Å²) in [5.41, 5.74) is 0. The van der Waals surface area contributed by atoms with Crippen LogP contribution in [0, 0.1) is 0 Å². The number of unbranched alkanes of at least 4 members (excludes halogenated alkanes) is 35. The molecule has 0 aliphatic heterocycles. The SMILES string of the molecule is CCCCCCCCCCCCCCCCCCCCCCCCCCCCCCCC(O)C(O)C(CO)NC(=O)C(O)CCCCCCCCCC. The van der Waals surface area contributed by atoms with E-state index in [9.17, 15) is 25.2 Å². The molecule has 0 bridgehead atoms. The number of rotatable bonds is 44. The van der Waals surface area contributed by atoms with E-state index in [4.69, 9.17) is 0 Å². The molecule has 5 N–H and O–H groups in total. The first-order chi connectivity index (χ1) is 26.0. The van der Waals surface area contributed by atoms with E-state index in [2.05, 4.69) is 19.2 Å². The Morgan fingerprint density at radius 1 is 0.396 bits per heavy atom. The lowest BCUT2D eigenvalue weighted by Gasteiger charge is -2.27. The van der Waals surface area contributed by atoms with Crippen molar-refractivity contribution in [2.45, 2.75) is 289 Å². The van der Waals surface area contributed by atoms with Gasteiger partial charge in [0.25, 0.3) is 0 Å². The minimum Gasteiger partial charge on any atom is -0.394 e. The largest absolute Gasteiger partial charge is 0.394 e. The summed E-state index contributed by atoms with van der Waals surface area (Å²) in [5.74, 6) is -0.584. The number of carbonyl (C=O) groups is 1. The average molecular weight is 754 g/mol. The van der Waals surface area contributed by atoms with Gasteiger partial charge in [0.05, 0.1) is 18.8 Å². The number of aliphatic hydroxyl groups excluding tert-OH is 4. The second kappa shape index (κ2) is 42.5. The van der Waals surface area contributed by atoms with Gasteiger partial charge < -0.3 is 25.7 Å². The number of hydrogen-bond acceptors (Lipinski definition) is 5. The summed E-state index contributed by atoms with van der Waals surface area (Å²) in [6.45, 7) is 4.03. The summed E-state index contributed by atoms with van der Waals surface area (Å²) in [6.07, 6.45) is 46.1. The van der Waals surface area contributed by atoms with Crippen LogP contribution in [-0.2, 0) is 4.79 Å². The lowest BCUT2D eigenvalue weighted by Crippen LogP contribution is -2.53. The fourth-order valence-electron chi connectivity index (χ4n) is 7.76. The highest BCUT2D eigenvalue weighted by atomic mass is 16.3. The highest BCUT2D eigenvalue weighted by molar-refractivity contribution is 5.80. The molecule has 0 aliphatic rings. The lowest BCUT2D eigenvalue weighted by molar-refractivity contribution is -0.132. The molecule has 0 saturated carbocycles. The molecule has 0 heterocycles. The van der Waals surface area contributed by atoms with Crippen molar-refractivity contribution in [3.63, 3.8) is 0 Å². The Labute approximate surface area is 330 Å². The Hall–Kier alpha value is -0.690. The summed E-state index contributed by atoms with van der Waals surface area (Å²) in [7, 11) is 0. The number of hydrogen-bond donors (Lipinski definition) is 5. The van der Waals surface area contributed by atoms with Crippen molar-refractivity contribution in [3.8, 4) is 0 Å². The highest BCUT2D eigenvalue weighted by Gasteiger charge is 2.28. The lowest BCUT2D eigenvalue weighted by atomic mass is 9.99. The van der Waals surface area contributed by atoms with Crippen LogP contribution in [0.15, 0.2) is 0 Å². The molecule has 4 atom stereocenters. The van der Waals surface area contributed by atoms with E-state index in [1.54, 1.807) is 0 Å². The van der Waals surface area contributed by atoms with Gasteiger partial charge >= 0.3 is 0 Å². The van der Waals surface area contributed by atoms with Crippen LogP contribution in [0.2, 0.25) is 0 Å². The van der Waals surface area contributed by atoms with Crippen molar-refractivity contribution in [2.75, 3.05) is 6.61 Å². The van der Waals surface area contributed by atoms with Gasteiger partial charge in [-0.25, -0.2) is 0 Å². The molecule has 6 heteroatoms. The fraction of sp³-hybridized carbons (Fsp3) is 0.979. The Balaban J connectivity index is 3.51. The molecule has 0 aliphatic carbocycles. The van der Waals surface area contributed by atoms with Crippen LogP contribution >= 0.6 is 0 Å². The van der Waals surface area contributed by atoms with Crippen molar-refractivity contribution in [3.05, 3.63) is 0 Å². The van der Waals surface area contributed by atoms with E-state index in [1.807, 2.05) is 0 Å². The van der Waals surface area contributed by atoms with Gasteiger partial charge in [0.2, 0.25) is 5.91 Å². The maximum Gasteiger partial charge on any atom is 0.249 e. The third kappa shape index (κ3) is 36.7. The number of carbonyl (C=O) groups excluding carboxylic acids is 1. The van der Waals surface area contributed by atoms with Gasteiger partial charge in [-0.2, -0.15) is 0 Å². The molecular formula is C47H95NO5. The molecule has 0 aromatic heterocycles. The van der Waals surface area contributed by atoms with Crippen LogP contribution in [0.4, 0.5) is 0 Å². The molecule has 0 saturated heterocycles. The van der Waals surface area contributed by atoms with E-state index in [1.165, 1.54) is 199 Å². The van der Waals surface area contributed by atoms with Crippen LogP contribution in [0.25, 0.3) is 0 Å². The molecule has 4 unspecified atom stereocenters. The quantitative estimate of drug-likeness (QED) is 0.0398. The van der Waals surface area contributed by atoms with Gasteiger partial charge in [0.15, 0.2) is 0 Å². The molecule has 0 aromatic rings. The van der Waals surface area contributed by atoms with Crippen molar-refractivity contribution in [1.82, 2.24) is 5.32 Å². The maximum atomic E-state index is 12.4. The number of amides is 1. The molecule has 0 aromatic carbocycles. The Kier molecular flexibility index (Phi) is 41.9. The van der Waals surface area contributed by atoms with Crippen molar-refractivity contribution < 1.29 is 25.2 Å². The topological polar surface area (TPSA) is 110 Å². The first-order valence-corrected chi connectivity index (χ1v) is 23.9. The first kappa shape index (κ1) is 52.3. The van der Waals surface area contributed by atoms with Crippen molar-refractivity contribution in [1.29, 1.82) is 0 Å². The highest BCUT2D eigenvalue weighted by Crippen LogP contribution is 2.18. The smallest absolute Gasteiger partial charge is 0.249 e. The van der Waals surface area contributed by atoms with Gasteiger partial charge in [0, 0.05) is 0 Å². The zero-order valence-electron chi connectivity index (χ0n) is 35.8. The van der Waals surface area contributed by atoms with E-state index in [0.717, 1.165) is 38.5 Å². The summed E-state index contributed by atoms with van der Waals surface area (Å²) >= 11 is 0. The van der Waals surface area contributed by atoms with Crippen LogP contribution in [0.3, 0.4) is 0 Å². The minimum absolute atomic E-state index is 0.372. The van der Waals surface area contributed by atoms with Gasteiger partial charge in [0.1, 0.15) is 12.2 Å². The number of nitrogens with one attached hydrogen (secondary N) is 1. The standard InChI is InChI=1S/C47H95NO5/c1-3-5-7-9-11-13-14-15-16-17-18-19-20-21-22-23-24-25-26-27-28-29-30-31-32-33-35-36-38-40-44(50)46(52)43(42-49)48-47(53)45(51)41-39-37-34-12-10-8-6-4-2/h43-46,49-52H,3-42H2,1-2H3,(H,48,53). The summed E-state index contributed by atoms with van der Waals surface area (Å²) in [5, 5.41) is 43.5. The van der Waals surface area contributed by atoms with Gasteiger partial charge in [-0.3, -0.25) is 4.79 Å². The van der Waals surface area contributed by atoms with Crippen molar-refractivity contribution in [2.24, 2.45) is 0 Å². The molecule has 0 rings (SSSR count). The van der Waals surface area contributed by atoms with Gasteiger partial charge in [-0.05, 0) is 12.8 Å². The predicted molar refractivity (Wildman–Crippen MR) is 228 cm³/mol. The monoisotopic (exact) mass is 754 g/mol. The molecule has 318 valence electrons. The van der Waals surface area contributed by atoms with Crippen molar-refractivity contribution >= 4 is 5.91 Å². The zero-order valence-corrected chi connectivity index (χ0v) is 35.8. The van der Waals surface area contributed by atoms with E-state index in [0.29, 0.717) is 12.8 Å². The van der Waals surface area contributed by atoms with Gasteiger partial charge in [-0.15, -0.1) is 0 Å². The van der Waals surface area contributed by atoms with Gasteiger partial charge in [-0.1, -0.05) is 251 Å². The second-order valence-electron chi connectivity index (χ2n) is 16.8. The maximum absolute atomic E-state index is 12.4. The summed E-state index contributed by atoms with van der Waals surface area (Å²) in [4.78, 5) is 12.4. The third-order valence-electron chi connectivity index (χ3n) is 11.6. The van der Waals surface area contributed by atoms with E-state index in [-0.39, 0.29) is 0 Å². The molecule has 0 radical (unpaired) electrons. The zero-order chi connectivity index (χ0) is 38.9. The average Bonchev–Trinajstić information content (AvgIpc) is 3.16. The second-order valence-corrected chi connectivity index (χ2v) is 16.8. The number of aliphatic hydroxyl groups is 4. The molecule has 53 heavy (non-hydrogen) atoms. The molecular weight excluding hydrogens is 659 g/mol. The van der Waals surface area contributed by atoms with E-state index < -0.39 is 36.9 Å². The van der Waals surface area contributed by atoms with Crippen LogP contribution in [0.5, 0.6) is 0 Å². The molecule has 0 fully saturated rings. The Bertz CT molecular complexity index is 721. The fourth-order valence-corrected chi connectivity index (χ4v) is 7.76. The van der Waals surface area contributed by atoms with Crippen LogP contribution in [-0.4, -0.2) is 57.3 Å². The Morgan fingerprint density at radius 3 is 0.906 bits per heavy atom. The first-order valence-electron chi connectivity index (χ1n) is 23.9. The predicted octanol–water partition coefficient (Wildman–Crippen LogP) is 12.8. The minimum atomic E-state index is -1.25. The normalized spacial score (nSPS) is 14.0. The Morgan fingerprint density at radius 2 is 0.642 bits per heavy atom. The van der Waals surface area contributed by atoms with Crippen LogP contribution < -0.4 is 5.32 Å². The third-order valence-corrected chi connectivity index (χ3v) is 11.6.